The van der Waals surface area contributed by atoms with Gasteiger partial charge in [0.2, 0.25) is 0 Å². The standard InChI is InChI=1S/C22H23N3O3/c1-15-6-4-5-7-16(15)13-23-21-11-8-17(14-24-21)22(26)25-18-9-10-19(27-2)20(12-18)28-3/h4-12,14H,13H2,1-3H3,(H,23,24)(H,25,26). The monoisotopic (exact) mass is 377 g/mol. The minimum atomic E-state index is -0.245. The number of pyridine rings is 1. The first-order valence-corrected chi connectivity index (χ1v) is 8.88. The summed E-state index contributed by atoms with van der Waals surface area (Å²) in [4.78, 5) is 16.8. The summed E-state index contributed by atoms with van der Waals surface area (Å²) in [5, 5.41) is 6.11. The van der Waals surface area contributed by atoms with Gasteiger partial charge in [0.05, 0.1) is 19.8 Å². The van der Waals surface area contributed by atoms with Crippen molar-refractivity contribution < 1.29 is 14.3 Å². The van der Waals surface area contributed by atoms with Gasteiger partial charge in [-0.1, -0.05) is 24.3 Å². The van der Waals surface area contributed by atoms with Crippen LogP contribution in [0.1, 0.15) is 21.5 Å². The van der Waals surface area contributed by atoms with Gasteiger partial charge in [0, 0.05) is 24.5 Å². The van der Waals surface area contributed by atoms with E-state index in [0.29, 0.717) is 35.1 Å². The van der Waals surface area contributed by atoms with Crippen molar-refractivity contribution in [3.63, 3.8) is 0 Å². The van der Waals surface area contributed by atoms with E-state index in [1.165, 1.54) is 11.1 Å². The van der Waals surface area contributed by atoms with E-state index in [0.717, 1.165) is 0 Å². The molecule has 2 N–H and O–H groups in total. The summed E-state index contributed by atoms with van der Waals surface area (Å²) in [6.45, 7) is 2.75. The first-order chi connectivity index (χ1) is 13.6. The summed E-state index contributed by atoms with van der Waals surface area (Å²) >= 11 is 0. The predicted octanol–water partition coefficient (Wildman–Crippen LogP) is 4.27. The fourth-order valence-electron chi connectivity index (χ4n) is 2.74. The quantitative estimate of drug-likeness (QED) is 0.643. The zero-order chi connectivity index (χ0) is 19.9. The number of carbonyl (C=O) groups is 1. The highest BCUT2D eigenvalue weighted by molar-refractivity contribution is 6.04. The zero-order valence-corrected chi connectivity index (χ0v) is 16.2. The molecule has 6 heteroatoms. The third-order valence-corrected chi connectivity index (χ3v) is 4.39. The van der Waals surface area contributed by atoms with E-state index in [9.17, 15) is 4.79 Å². The van der Waals surface area contributed by atoms with E-state index in [2.05, 4.69) is 34.7 Å². The van der Waals surface area contributed by atoms with Crippen molar-refractivity contribution >= 4 is 17.4 Å². The highest BCUT2D eigenvalue weighted by Gasteiger charge is 2.10. The molecule has 1 aromatic heterocycles. The van der Waals surface area contributed by atoms with Gasteiger partial charge in [0.25, 0.3) is 5.91 Å². The number of aromatic nitrogens is 1. The summed E-state index contributed by atoms with van der Waals surface area (Å²) in [6, 6.07) is 16.9. The normalized spacial score (nSPS) is 10.2. The third kappa shape index (κ3) is 4.59. The average Bonchev–Trinajstić information content (AvgIpc) is 2.73. The Bertz CT molecular complexity index is 955. The Kier molecular flexibility index (Phi) is 6.11. The maximum Gasteiger partial charge on any atom is 0.257 e. The van der Waals surface area contributed by atoms with Crippen LogP contribution in [0, 0.1) is 6.92 Å². The van der Waals surface area contributed by atoms with Crippen molar-refractivity contribution in [2.75, 3.05) is 24.9 Å². The summed E-state index contributed by atoms with van der Waals surface area (Å²) in [7, 11) is 3.12. The molecule has 0 saturated heterocycles. The second-order valence-electron chi connectivity index (χ2n) is 6.24. The van der Waals surface area contributed by atoms with Crippen LogP contribution in [-0.4, -0.2) is 25.1 Å². The van der Waals surface area contributed by atoms with E-state index >= 15 is 0 Å². The van der Waals surface area contributed by atoms with Crippen LogP contribution >= 0.6 is 0 Å². The molecule has 0 aliphatic rings. The Balaban J connectivity index is 1.63. The van der Waals surface area contributed by atoms with Crippen molar-refractivity contribution in [2.24, 2.45) is 0 Å². The molecule has 28 heavy (non-hydrogen) atoms. The van der Waals surface area contributed by atoms with E-state index in [1.807, 2.05) is 12.1 Å². The molecule has 0 aliphatic carbocycles. The van der Waals surface area contributed by atoms with Crippen LogP contribution in [0.5, 0.6) is 11.5 Å². The van der Waals surface area contributed by atoms with Crippen molar-refractivity contribution in [1.82, 2.24) is 4.98 Å². The molecule has 1 heterocycles. The second kappa shape index (κ2) is 8.90. The number of ether oxygens (including phenoxy) is 2. The van der Waals surface area contributed by atoms with E-state index in [-0.39, 0.29) is 5.91 Å². The molecule has 0 radical (unpaired) electrons. The molecule has 0 saturated carbocycles. The number of carbonyl (C=O) groups excluding carboxylic acids is 1. The molecule has 0 unspecified atom stereocenters. The van der Waals surface area contributed by atoms with Gasteiger partial charge in [-0.2, -0.15) is 0 Å². The summed E-state index contributed by atoms with van der Waals surface area (Å²) < 4.78 is 10.5. The molecule has 2 aromatic carbocycles. The highest BCUT2D eigenvalue weighted by Crippen LogP contribution is 2.29. The van der Waals surface area contributed by atoms with Gasteiger partial charge in [-0.15, -0.1) is 0 Å². The number of nitrogens with one attached hydrogen (secondary N) is 2. The van der Waals surface area contributed by atoms with Gasteiger partial charge in [-0.3, -0.25) is 4.79 Å². The molecular formula is C22H23N3O3. The summed E-state index contributed by atoms with van der Waals surface area (Å²) in [5.74, 6) is 1.62. The minimum Gasteiger partial charge on any atom is -0.493 e. The fourth-order valence-corrected chi connectivity index (χ4v) is 2.74. The maximum atomic E-state index is 12.5. The molecule has 0 atom stereocenters. The molecule has 3 aromatic rings. The molecule has 3 rings (SSSR count). The van der Waals surface area contributed by atoms with Gasteiger partial charge in [-0.25, -0.2) is 4.98 Å². The molecule has 0 aliphatic heterocycles. The Morgan fingerprint density at radius 2 is 1.79 bits per heavy atom. The molecule has 144 valence electrons. The number of rotatable bonds is 7. The molecule has 6 nitrogen and oxygen atoms in total. The average molecular weight is 377 g/mol. The summed E-state index contributed by atoms with van der Waals surface area (Å²) in [6.07, 6.45) is 1.55. The van der Waals surface area contributed by atoms with E-state index < -0.39 is 0 Å². The SMILES string of the molecule is COc1ccc(NC(=O)c2ccc(NCc3ccccc3C)nc2)cc1OC. The Hall–Kier alpha value is -3.54. The first-order valence-electron chi connectivity index (χ1n) is 8.88. The number of hydrogen-bond acceptors (Lipinski definition) is 5. The van der Waals surface area contributed by atoms with Gasteiger partial charge < -0.3 is 20.1 Å². The Labute approximate surface area is 164 Å². The second-order valence-corrected chi connectivity index (χ2v) is 6.24. The van der Waals surface area contributed by atoms with Crippen molar-refractivity contribution in [1.29, 1.82) is 0 Å². The van der Waals surface area contributed by atoms with Gasteiger partial charge in [-0.05, 0) is 42.3 Å². The smallest absolute Gasteiger partial charge is 0.257 e. The van der Waals surface area contributed by atoms with E-state index in [1.54, 1.807) is 50.7 Å². The lowest BCUT2D eigenvalue weighted by molar-refractivity contribution is 0.102. The Morgan fingerprint density at radius 3 is 2.46 bits per heavy atom. The topological polar surface area (TPSA) is 72.5 Å². The van der Waals surface area contributed by atoms with Gasteiger partial charge >= 0.3 is 0 Å². The van der Waals surface area contributed by atoms with Crippen LogP contribution in [-0.2, 0) is 6.54 Å². The fraction of sp³-hybridized carbons (Fsp3) is 0.182. The van der Waals surface area contributed by atoms with Gasteiger partial charge in [0.1, 0.15) is 5.82 Å². The van der Waals surface area contributed by atoms with Crippen LogP contribution in [0.2, 0.25) is 0 Å². The number of amides is 1. The molecule has 0 bridgehead atoms. The van der Waals surface area contributed by atoms with Crippen LogP contribution in [0.15, 0.2) is 60.8 Å². The predicted molar refractivity (Wildman–Crippen MR) is 110 cm³/mol. The number of nitrogens with zero attached hydrogens (tertiary/aromatic N) is 1. The molecule has 0 spiro atoms. The number of benzene rings is 2. The van der Waals surface area contributed by atoms with E-state index in [4.69, 9.17) is 9.47 Å². The molecule has 1 amide bonds. The van der Waals surface area contributed by atoms with Crippen LogP contribution in [0.25, 0.3) is 0 Å². The molecular weight excluding hydrogens is 354 g/mol. The number of hydrogen-bond donors (Lipinski definition) is 2. The number of methoxy groups -OCH3 is 2. The highest BCUT2D eigenvalue weighted by atomic mass is 16.5. The largest absolute Gasteiger partial charge is 0.493 e. The van der Waals surface area contributed by atoms with Crippen molar-refractivity contribution in [3.05, 3.63) is 77.5 Å². The minimum absolute atomic E-state index is 0.245. The summed E-state index contributed by atoms with van der Waals surface area (Å²) in [5.41, 5.74) is 3.51. The van der Waals surface area contributed by atoms with Crippen molar-refractivity contribution in [3.8, 4) is 11.5 Å². The lowest BCUT2D eigenvalue weighted by Crippen LogP contribution is -2.12. The maximum absolute atomic E-state index is 12.5. The molecule has 0 fully saturated rings. The number of anilines is 2. The zero-order valence-electron chi connectivity index (χ0n) is 16.2. The van der Waals surface area contributed by atoms with Crippen LogP contribution in [0.3, 0.4) is 0 Å². The third-order valence-electron chi connectivity index (χ3n) is 4.39. The van der Waals surface area contributed by atoms with Crippen LogP contribution < -0.4 is 20.1 Å². The first kappa shape index (κ1) is 19.2. The van der Waals surface area contributed by atoms with Crippen molar-refractivity contribution in [2.45, 2.75) is 13.5 Å². The lowest BCUT2D eigenvalue weighted by atomic mass is 10.1. The Morgan fingerprint density at radius 1 is 1.00 bits per heavy atom. The van der Waals surface area contributed by atoms with Crippen LogP contribution in [0.4, 0.5) is 11.5 Å². The number of aryl methyl sites for hydroxylation is 1. The van der Waals surface area contributed by atoms with Gasteiger partial charge in [0.15, 0.2) is 11.5 Å². The lowest BCUT2D eigenvalue weighted by Gasteiger charge is -2.11.